The molecule has 1 aliphatic carbocycles. The fraction of sp³-hybridized carbons (Fsp3) is 0.122. The van der Waals surface area contributed by atoms with Gasteiger partial charge < -0.3 is 19.7 Å². The van der Waals surface area contributed by atoms with Crippen LogP contribution in [0.15, 0.2) is 146 Å². The normalized spacial score (nSPS) is 12.8. The highest BCUT2D eigenvalue weighted by Gasteiger charge is 2.46. The molecule has 7 rings (SSSR count). The second kappa shape index (κ2) is 12.4. The molecule has 6 aromatic carbocycles. The minimum Gasteiger partial charge on any atom is -0.491 e. The zero-order chi connectivity index (χ0) is 30.6. The van der Waals surface area contributed by atoms with Crippen LogP contribution in [0.4, 0.5) is 0 Å². The minimum atomic E-state index is -0.648. The maximum absolute atomic E-state index is 9.57. The predicted octanol–water partition coefficient (Wildman–Crippen LogP) is 8.13. The molecule has 0 saturated heterocycles. The first-order valence-electron chi connectivity index (χ1n) is 15.3. The number of aliphatic hydroxyl groups excluding tert-OH is 2. The van der Waals surface area contributed by atoms with Crippen molar-refractivity contribution in [2.24, 2.45) is 0 Å². The molecule has 2 N–H and O–H groups in total. The quantitative estimate of drug-likeness (QED) is 0.169. The number of hydrogen-bond acceptors (Lipinski definition) is 4. The molecule has 0 spiro atoms. The van der Waals surface area contributed by atoms with E-state index in [0.29, 0.717) is 0 Å². The number of benzene rings is 6. The zero-order valence-corrected chi connectivity index (χ0v) is 24.9. The van der Waals surface area contributed by atoms with Gasteiger partial charge in [-0.2, -0.15) is 0 Å². The number of hydrogen-bond donors (Lipinski definition) is 2. The highest BCUT2D eigenvalue weighted by molar-refractivity contribution is 5.88. The molecular weight excluding hydrogens is 556 g/mol. The Bertz CT molecular complexity index is 1790. The second-order valence-electron chi connectivity index (χ2n) is 11.1. The van der Waals surface area contributed by atoms with E-state index in [1.807, 2.05) is 48.5 Å². The molecule has 0 atom stereocenters. The molecule has 4 nitrogen and oxygen atoms in total. The van der Waals surface area contributed by atoms with Gasteiger partial charge in [0.2, 0.25) is 0 Å². The van der Waals surface area contributed by atoms with Crippen LogP contribution >= 0.6 is 0 Å². The predicted molar refractivity (Wildman–Crippen MR) is 180 cm³/mol. The Morgan fingerprint density at radius 3 is 1.24 bits per heavy atom. The monoisotopic (exact) mass is 590 g/mol. The van der Waals surface area contributed by atoms with Crippen molar-refractivity contribution in [3.05, 3.63) is 168 Å². The Balaban J connectivity index is 1.55. The van der Waals surface area contributed by atoms with Crippen molar-refractivity contribution >= 4 is 0 Å². The molecule has 0 amide bonds. The van der Waals surface area contributed by atoms with Crippen molar-refractivity contribution in [3.63, 3.8) is 0 Å². The molecule has 0 fully saturated rings. The molecular formula is C41H34O4. The van der Waals surface area contributed by atoms with Gasteiger partial charge in [0.25, 0.3) is 0 Å². The topological polar surface area (TPSA) is 58.9 Å². The summed E-state index contributed by atoms with van der Waals surface area (Å²) in [6.45, 7) is 0.304. The third-order valence-corrected chi connectivity index (χ3v) is 8.64. The lowest BCUT2D eigenvalue weighted by Crippen LogP contribution is -2.29. The molecule has 222 valence electrons. The Labute approximate surface area is 263 Å². The van der Waals surface area contributed by atoms with Crippen LogP contribution < -0.4 is 9.47 Å². The van der Waals surface area contributed by atoms with Crippen LogP contribution in [0.25, 0.3) is 33.4 Å². The van der Waals surface area contributed by atoms with Gasteiger partial charge in [-0.15, -0.1) is 0 Å². The van der Waals surface area contributed by atoms with Crippen molar-refractivity contribution in [1.82, 2.24) is 0 Å². The van der Waals surface area contributed by atoms with Gasteiger partial charge in [-0.05, 0) is 68.8 Å². The van der Waals surface area contributed by atoms with E-state index in [4.69, 9.17) is 9.47 Å². The Morgan fingerprint density at radius 1 is 0.422 bits per heavy atom. The minimum absolute atomic E-state index is 0.0619. The summed E-state index contributed by atoms with van der Waals surface area (Å²) in [5.74, 6) is 1.46. The van der Waals surface area contributed by atoms with Gasteiger partial charge in [-0.1, -0.05) is 121 Å². The van der Waals surface area contributed by atoms with Gasteiger partial charge in [0.15, 0.2) is 0 Å². The van der Waals surface area contributed by atoms with Gasteiger partial charge in [0, 0.05) is 11.1 Å². The summed E-state index contributed by atoms with van der Waals surface area (Å²) in [7, 11) is 0. The lowest BCUT2D eigenvalue weighted by Gasteiger charge is -2.35. The Hall–Kier alpha value is -5.16. The van der Waals surface area contributed by atoms with E-state index in [1.165, 1.54) is 22.3 Å². The number of aliphatic hydroxyl groups is 2. The summed E-state index contributed by atoms with van der Waals surface area (Å²) in [6.07, 6.45) is 0. The third-order valence-electron chi connectivity index (χ3n) is 8.64. The highest BCUT2D eigenvalue weighted by Crippen LogP contribution is 2.57. The Kier molecular flexibility index (Phi) is 7.91. The van der Waals surface area contributed by atoms with Crippen LogP contribution in [0.3, 0.4) is 0 Å². The standard InChI is InChI=1S/C41H34O4/c42-23-25-44-39-21-19-31(27-35(39)29-11-3-1-4-12-29)41(37-17-9-7-15-33(37)34-16-8-10-18-38(34)41)32-20-22-40(45-26-24-43)36(28-32)30-13-5-2-6-14-30/h1-22,27-28,42-43H,23-26H2. The molecule has 1 aliphatic rings. The smallest absolute Gasteiger partial charge is 0.127 e. The molecule has 4 heteroatoms. The van der Waals surface area contributed by atoms with E-state index >= 15 is 0 Å². The molecule has 45 heavy (non-hydrogen) atoms. The maximum atomic E-state index is 9.57. The molecule has 0 heterocycles. The van der Waals surface area contributed by atoms with Crippen LogP contribution in [0, 0.1) is 0 Å². The summed E-state index contributed by atoms with van der Waals surface area (Å²) in [5, 5.41) is 19.1. The summed E-state index contributed by atoms with van der Waals surface area (Å²) in [5.41, 5.74) is 10.4. The maximum Gasteiger partial charge on any atom is 0.127 e. The zero-order valence-electron chi connectivity index (χ0n) is 24.9. The van der Waals surface area contributed by atoms with Gasteiger partial charge >= 0.3 is 0 Å². The van der Waals surface area contributed by atoms with Crippen LogP contribution in [-0.2, 0) is 5.41 Å². The van der Waals surface area contributed by atoms with E-state index < -0.39 is 5.41 Å². The summed E-state index contributed by atoms with van der Waals surface area (Å²) in [4.78, 5) is 0. The number of ether oxygens (including phenoxy) is 2. The van der Waals surface area contributed by atoms with Crippen molar-refractivity contribution in [2.45, 2.75) is 5.41 Å². The van der Waals surface area contributed by atoms with Gasteiger partial charge in [0.05, 0.1) is 18.6 Å². The van der Waals surface area contributed by atoms with Crippen molar-refractivity contribution in [3.8, 4) is 44.9 Å². The molecule has 0 radical (unpaired) electrons. The number of rotatable bonds is 10. The van der Waals surface area contributed by atoms with E-state index in [-0.39, 0.29) is 26.4 Å². The van der Waals surface area contributed by atoms with Crippen LogP contribution in [0.5, 0.6) is 11.5 Å². The van der Waals surface area contributed by atoms with Crippen LogP contribution in [0.2, 0.25) is 0 Å². The average Bonchev–Trinajstić information content (AvgIpc) is 3.41. The van der Waals surface area contributed by atoms with E-state index in [1.54, 1.807) is 0 Å². The Morgan fingerprint density at radius 2 is 0.822 bits per heavy atom. The van der Waals surface area contributed by atoms with E-state index in [2.05, 4.69) is 97.1 Å². The molecule has 6 aromatic rings. The summed E-state index contributed by atoms with van der Waals surface area (Å²) < 4.78 is 12.2. The molecule has 0 bridgehead atoms. The summed E-state index contributed by atoms with van der Waals surface area (Å²) >= 11 is 0. The third kappa shape index (κ3) is 4.98. The van der Waals surface area contributed by atoms with E-state index in [0.717, 1.165) is 44.9 Å². The summed E-state index contributed by atoms with van der Waals surface area (Å²) in [6, 6.07) is 50.8. The van der Waals surface area contributed by atoms with E-state index in [9.17, 15) is 10.2 Å². The fourth-order valence-electron chi connectivity index (χ4n) is 6.80. The number of fused-ring (bicyclic) bond motifs is 3. The van der Waals surface area contributed by atoms with Gasteiger partial charge in [-0.25, -0.2) is 0 Å². The molecule has 0 aliphatic heterocycles. The van der Waals surface area contributed by atoms with Gasteiger partial charge in [0.1, 0.15) is 24.7 Å². The van der Waals surface area contributed by atoms with Crippen molar-refractivity contribution in [2.75, 3.05) is 26.4 Å². The first kappa shape index (κ1) is 28.6. The SMILES string of the molecule is OCCOc1ccc(C2(c3ccc(OCCO)c(-c4ccccc4)c3)c3ccccc3-c3ccccc32)cc1-c1ccccc1. The van der Waals surface area contributed by atoms with Crippen LogP contribution in [-0.4, -0.2) is 36.6 Å². The first-order chi connectivity index (χ1) is 22.3. The van der Waals surface area contributed by atoms with Crippen molar-refractivity contribution in [1.29, 1.82) is 0 Å². The molecule has 0 saturated carbocycles. The second-order valence-corrected chi connectivity index (χ2v) is 11.1. The average molecular weight is 591 g/mol. The largest absolute Gasteiger partial charge is 0.491 e. The lowest BCUT2D eigenvalue weighted by molar-refractivity contribution is 0.202. The first-order valence-corrected chi connectivity index (χ1v) is 15.3. The van der Waals surface area contributed by atoms with Gasteiger partial charge in [-0.3, -0.25) is 0 Å². The molecule has 0 aromatic heterocycles. The van der Waals surface area contributed by atoms with Crippen LogP contribution in [0.1, 0.15) is 22.3 Å². The van der Waals surface area contributed by atoms with Crippen molar-refractivity contribution < 1.29 is 19.7 Å². The highest BCUT2D eigenvalue weighted by atomic mass is 16.5. The molecule has 0 unspecified atom stereocenters. The lowest BCUT2D eigenvalue weighted by atomic mass is 9.67. The fourth-order valence-corrected chi connectivity index (χ4v) is 6.80.